The van der Waals surface area contributed by atoms with E-state index in [1.807, 2.05) is 6.92 Å². The maximum Gasteiger partial charge on any atom is 0.0900 e. The van der Waals surface area contributed by atoms with Crippen LogP contribution in [-0.2, 0) is 4.74 Å². The molecular weight excluding hydrogens is 194 g/mol. The average Bonchev–Trinajstić information content (AvgIpc) is 2.12. The summed E-state index contributed by atoms with van der Waals surface area (Å²) in [6, 6.07) is 0. The summed E-state index contributed by atoms with van der Waals surface area (Å²) in [5.41, 5.74) is -0.500. The first-order valence-electron chi connectivity index (χ1n) is 5.80. The lowest BCUT2D eigenvalue weighted by molar-refractivity contribution is -0.117. The number of nitrogens with zero attached hydrogens (tertiary/aromatic N) is 1. The van der Waals surface area contributed by atoms with Gasteiger partial charge in [0, 0.05) is 26.2 Å². The van der Waals surface area contributed by atoms with Gasteiger partial charge in [-0.1, -0.05) is 13.3 Å². The van der Waals surface area contributed by atoms with Crippen molar-refractivity contribution in [3.05, 3.63) is 0 Å². The number of rotatable bonds is 7. The molecule has 0 radical (unpaired) electrons. The molecule has 2 N–H and O–H groups in total. The van der Waals surface area contributed by atoms with E-state index in [-0.39, 0.29) is 0 Å². The van der Waals surface area contributed by atoms with Gasteiger partial charge in [-0.2, -0.15) is 0 Å². The first kappa shape index (κ1) is 12.9. The Labute approximate surface area is 91.8 Å². The second kappa shape index (κ2) is 5.80. The van der Waals surface area contributed by atoms with Crippen LogP contribution in [0.3, 0.4) is 0 Å². The Morgan fingerprint density at radius 1 is 1.40 bits per heavy atom. The number of ether oxygens (including phenoxy) is 1. The van der Waals surface area contributed by atoms with Crippen molar-refractivity contribution in [3.8, 4) is 0 Å². The minimum absolute atomic E-state index is 0.388. The van der Waals surface area contributed by atoms with Crippen LogP contribution in [-0.4, -0.2) is 59.7 Å². The molecule has 1 heterocycles. The number of hydrogen-bond donors (Lipinski definition) is 2. The summed E-state index contributed by atoms with van der Waals surface area (Å²) in [6.45, 7) is 6.98. The molecule has 0 aromatic heterocycles. The quantitative estimate of drug-likeness (QED) is 0.641. The highest BCUT2D eigenvalue weighted by Crippen LogP contribution is 2.25. The molecule has 1 saturated heterocycles. The lowest BCUT2D eigenvalue weighted by Crippen LogP contribution is -2.63. The van der Waals surface area contributed by atoms with Crippen molar-refractivity contribution in [1.29, 1.82) is 0 Å². The molecule has 1 rings (SSSR count). The van der Waals surface area contributed by atoms with Gasteiger partial charge in [-0.25, -0.2) is 0 Å². The van der Waals surface area contributed by atoms with Crippen LogP contribution in [0, 0.1) is 0 Å². The lowest BCUT2D eigenvalue weighted by Gasteiger charge is -2.47. The Balaban J connectivity index is 2.11. The fraction of sp³-hybridized carbons (Fsp3) is 1.00. The molecule has 1 unspecified atom stereocenters. The van der Waals surface area contributed by atoms with Gasteiger partial charge in [-0.3, -0.25) is 4.90 Å². The van der Waals surface area contributed by atoms with E-state index in [1.54, 1.807) is 0 Å². The maximum atomic E-state index is 9.91. The monoisotopic (exact) mass is 217 g/mol. The Kier molecular flexibility index (Phi) is 4.99. The van der Waals surface area contributed by atoms with Crippen molar-refractivity contribution in [2.75, 3.05) is 32.8 Å². The van der Waals surface area contributed by atoms with Gasteiger partial charge in [0.2, 0.25) is 0 Å². The summed E-state index contributed by atoms with van der Waals surface area (Å²) >= 11 is 0. The molecule has 15 heavy (non-hydrogen) atoms. The highest BCUT2D eigenvalue weighted by atomic mass is 16.5. The number of β-amino-alcohol motifs (C(OH)–C–C–N with tert-alkyl or cyclic N) is 2. The van der Waals surface area contributed by atoms with E-state index in [1.165, 1.54) is 0 Å². The van der Waals surface area contributed by atoms with Crippen LogP contribution >= 0.6 is 0 Å². The molecule has 1 atom stereocenters. The molecule has 0 aliphatic carbocycles. The zero-order valence-electron chi connectivity index (χ0n) is 9.78. The third kappa shape index (κ3) is 4.07. The Hall–Kier alpha value is -0.160. The molecule has 0 saturated carbocycles. The normalized spacial score (nSPS) is 22.4. The molecular formula is C11H23NO3. The van der Waals surface area contributed by atoms with Crippen molar-refractivity contribution < 1.29 is 14.9 Å². The molecule has 1 fully saturated rings. The molecule has 1 aliphatic rings. The topological polar surface area (TPSA) is 52.9 Å². The largest absolute Gasteiger partial charge is 0.389 e. The van der Waals surface area contributed by atoms with Gasteiger partial charge in [-0.05, 0) is 13.3 Å². The van der Waals surface area contributed by atoms with E-state index < -0.39 is 11.7 Å². The van der Waals surface area contributed by atoms with Crippen LogP contribution in [0.25, 0.3) is 0 Å². The third-order valence-electron chi connectivity index (χ3n) is 2.73. The SMILES string of the molecule is CCCC1(O)CN(CC(O)COCC)C1. The second-order valence-electron chi connectivity index (χ2n) is 4.46. The van der Waals surface area contributed by atoms with Gasteiger partial charge >= 0.3 is 0 Å². The van der Waals surface area contributed by atoms with E-state index in [0.717, 1.165) is 12.8 Å². The molecule has 0 aromatic rings. The fourth-order valence-electron chi connectivity index (χ4n) is 2.14. The zero-order valence-corrected chi connectivity index (χ0v) is 9.78. The molecule has 90 valence electrons. The van der Waals surface area contributed by atoms with Crippen LogP contribution in [0.1, 0.15) is 26.7 Å². The Morgan fingerprint density at radius 3 is 2.60 bits per heavy atom. The van der Waals surface area contributed by atoms with Gasteiger partial charge in [0.25, 0.3) is 0 Å². The number of likely N-dealkylation sites (tertiary alicyclic amines) is 1. The van der Waals surface area contributed by atoms with Gasteiger partial charge in [-0.15, -0.1) is 0 Å². The molecule has 0 bridgehead atoms. The molecule has 4 nitrogen and oxygen atoms in total. The van der Waals surface area contributed by atoms with Crippen molar-refractivity contribution in [2.45, 2.75) is 38.4 Å². The minimum Gasteiger partial charge on any atom is -0.389 e. The Morgan fingerprint density at radius 2 is 2.07 bits per heavy atom. The van der Waals surface area contributed by atoms with E-state index in [2.05, 4.69) is 11.8 Å². The standard InChI is InChI=1S/C11H23NO3/c1-3-5-11(14)8-12(9-11)6-10(13)7-15-4-2/h10,13-14H,3-9H2,1-2H3. The van der Waals surface area contributed by atoms with Crippen LogP contribution < -0.4 is 0 Å². The summed E-state index contributed by atoms with van der Waals surface area (Å²) in [5.74, 6) is 0. The molecule has 0 spiro atoms. The van der Waals surface area contributed by atoms with Crippen molar-refractivity contribution >= 4 is 0 Å². The molecule has 0 amide bonds. The number of hydrogen-bond acceptors (Lipinski definition) is 4. The summed E-state index contributed by atoms with van der Waals surface area (Å²) in [7, 11) is 0. The van der Waals surface area contributed by atoms with Crippen molar-refractivity contribution in [1.82, 2.24) is 4.90 Å². The zero-order chi connectivity index (χ0) is 11.3. The van der Waals surface area contributed by atoms with Crippen molar-refractivity contribution in [2.24, 2.45) is 0 Å². The van der Waals surface area contributed by atoms with E-state index >= 15 is 0 Å². The van der Waals surface area contributed by atoms with Gasteiger partial charge in [0.05, 0.1) is 18.3 Å². The first-order valence-corrected chi connectivity index (χ1v) is 5.80. The predicted molar refractivity (Wildman–Crippen MR) is 58.8 cm³/mol. The summed E-state index contributed by atoms with van der Waals surface area (Å²) < 4.78 is 5.13. The lowest BCUT2D eigenvalue weighted by atomic mass is 9.89. The summed E-state index contributed by atoms with van der Waals surface area (Å²) in [5, 5.41) is 19.5. The molecule has 0 aromatic carbocycles. The summed E-state index contributed by atoms with van der Waals surface area (Å²) in [4.78, 5) is 2.07. The first-order chi connectivity index (χ1) is 7.09. The highest BCUT2D eigenvalue weighted by Gasteiger charge is 2.40. The third-order valence-corrected chi connectivity index (χ3v) is 2.73. The average molecular weight is 217 g/mol. The van der Waals surface area contributed by atoms with Gasteiger partial charge < -0.3 is 14.9 Å². The second-order valence-corrected chi connectivity index (χ2v) is 4.46. The molecule has 4 heteroatoms. The van der Waals surface area contributed by atoms with Gasteiger partial charge in [0.15, 0.2) is 0 Å². The van der Waals surface area contributed by atoms with Crippen LogP contribution in [0.2, 0.25) is 0 Å². The Bertz CT molecular complexity index is 181. The van der Waals surface area contributed by atoms with E-state index in [9.17, 15) is 10.2 Å². The van der Waals surface area contributed by atoms with Crippen LogP contribution in [0.5, 0.6) is 0 Å². The minimum atomic E-state index is -0.500. The number of aliphatic hydroxyl groups is 2. The fourth-order valence-corrected chi connectivity index (χ4v) is 2.14. The van der Waals surface area contributed by atoms with Crippen LogP contribution in [0.15, 0.2) is 0 Å². The van der Waals surface area contributed by atoms with E-state index in [0.29, 0.717) is 32.8 Å². The van der Waals surface area contributed by atoms with Crippen LogP contribution in [0.4, 0.5) is 0 Å². The smallest absolute Gasteiger partial charge is 0.0900 e. The number of aliphatic hydroxyl groups excluding tert-OH is 1. The predicted octanol–water partition coefficient (Wildman–Crippen LogP) is 0.231. The van der Waals surface area contributed by atoms with E-state index in [4.69, 9.17) is 4.74 Å². The maximum absolute atomic E-state index is 9.91. The molecule has 1 aliphatic heterocycles. The highest BCUT2D eigenvalue weighted by molar-refractivity contribution is 4.95. The van der Waals surface area contributed by atoms with Gasteiger partial charge in [0.1, 0.15) is 0 Å². The van der Waals surface area contributed by atoms with Crippen molar-refractivity contribution in [3.63, 3.8) is 0 Å². The summed E-state index contributed by atoms with van der Waals surface area (Å²) in [6.07, 6.45) is 1.42.